The topological polar surface area (TPSA) is 29.4 Å². The van der Waals surface area contributed by atoms with Gasteiger partial charge in [-0.05, 0) is 32.1 Å². The Kier molecular flexibility index (Phi) is 3.76. The first-order valence-electron chi connectivity index (χ1n) is 4.95. The number of halogens is 2. The van der Waals surface area contributed by atoms with Crippen molar-refractivity contribution in [1.29, 1.82) is 0 Å². The Bertz CT molecular complexity index is 231. The van der Waals surface area contributed by atoms with Gasteiger partial charge in [-0.15, -0.1) is 0 Å². The number of hydrogen-bond acceptors (Lipinski definition) is 2. The van der Waals surface area contributed by atoms with Crippen LogP contribution in [0.2, 0.25) is 0 Å². The average molecular weight is 203 g/mol. The minimum absolute atomic E-state index is 0.140. The van der Waals surface area contributed by atoms with Gasteiger partial charge in [0.25, 0.3) is 0 Å². The molecule has 0 radical (unpaired) electrons. The molecule has 1 fully saturated rings. The van der Waals surface area contributed by atoms with Crippen LogP contribution in [-0.4, -0.2) is 18.5 Å². The third-order valence-electron chi connectivity index (χ3n) is 2.91. The van der Waals surface area contributed by atoms with Gasteiger partial charge in [0, 0.05) is 5.92 Å². The van der Waals surface area contributed by atoms with Crippen molar-refractivity contribution in [2.45, 2.75) is 38.5 Å². The van der Waals surface area contributed by atoms with E-state index in [1.54, 1.807) is 0 Å². The Labute approximate surface area is 82.4 Å². The third-order valence-corrected chi connectivity index (χ3v) is 2.91. The Morgan fingerprint density at radius 2 is 2.21 bits per heavy atom. The van der Waals surface area contributed by atoms with Crippen molar-refractivity contribution >= 4 is 6.08 Å². The zero-order chi connectivity index (χ0) is 10.6. The standard InChI is InChI=1S/C10H15F2NO/c1-10(11,12)9-4-2-3-8(5-9)6-13-7-14/h8-9H,2-6H2,1H3. The Balaban J connectivity index is 2.47. The van der Waals surface area contributed by atoms with E-state index in [9.17, 15) is 13.6 Å². The van der Waals surface area contributed by atoms with Gasteiger partial charge in [0.1, 0.15) is 0 Å². The van der Waals surface area contributed by atoms with Crippen LogP contribution in [0, 0.1) is 11.8 Å². The van der Waals surface area contributed by atoms with Gasteiger partial charge in [0.05, 0.1) is 6.54 Å². The monoisotopic (exact) mass is 203 g/mol. The smallest absolute Gasteiger partial charge is 0.211 e. The van der Waals surface area contributed by atoms with E-state index in [0.29, 0.717) is 19.4 Å². The Hall–Kier alpha value is -0.760. The van der Waals surface area contributed by atoms with E-state index in [0.717, 1.165) is 19.8 Å². The molecule has 2 atom stereocenters. The molecule has 1 aliphatic rings. The molecule has 0 aliphatic heterocycles. The molecule has 0 N–H and O–H groups in total. The van der Waals surface area contributed by atoms with Crippen LogP contribution in [-0.2, 0) is 4.79 Å². The number of alkyl halides is 2. The van der Waals surface area contributed by atoms with Crippen molar-refractivity contribution in [2.24, 2.45) is 16.8 Å². The van der Waals surface area contributed by atoms with E-state index in [1.165, 1.54) is 6.08 Å². The summed E-state index contributed by atoms with van der Waals surface area (Å²) in [5, 5.41) is 0. The molecule has 0 saturated heterocycles. The SMILES string of the molecule is CC(F)(F)C1CCCC(CN=C=O)C1. The number of isocyanates is 1. The van der Waals surface area contributed by atoms with Crippen LogP contribution >= 0.6 is 0 Å². The highest BCUT2D eigenvalue weighted by molar-refractivity contribution is 5.32. The molecule has 0 aromatic rings. The lowest BCUT2D eigenvalue weighted by Crippen LogP contribution is -2.30. The van der Waals surface area contributed by atoms with Gasteiger partial charge >= 0.3 is 0 Å². The first kappa shape index (κ1) is 11.3. The second-order valence-electron chi connectivity index (χ2n) is 4.12. The molecule has 14 heavy (non-hydrogen) atoms. The average Bonchev–Trinajstić information content (AvgIpc) is 2.14. The molecule has 4 heteroatoms. The summed E-state index contributed by atoms with van der Waals surface area (Å²) in [6.45, 7) is 1.33. The molecular weight excluding hydrogens is 188 g/mol. The van der Waals surface area contributed by atoms with Gasteiger partial charge in [0.2, 0.25) is 12.0 Å². The number of rotatable bonds is 3. The van der Waals surface area contributed by atoms with E-state index in [4.69, 9.17) is 0 Å². The van der Waals surface area contributed by atoms with Gasteiger partial charge in [-0.2, -0.15) is 0 Å². The minimum Gasteiger partial charge on any atom is -0.211 e. The third kappa shape index (κ3) is 3.18. The second-order valence-corrected chi connectivity index (χ2v) is 4.12. The molecule has 1 aliphatic carbocycles. The van der Waals surface area contributed by atoms with Crippen molar-refractivity contribution in [3.63, 3.8) is 0 Å². The molecule has 0 heterocycles. The van der Waals surface area contributed by atoms with E-state index in [-0.39, 0.29) is 5.92 Å². The molecule has 0 bridgehead atoms. The molecular formula is C10H15F2NO. The Morgan fingerprint density at radius 3 is 2.79 bits per heavy atom. The van der Waals surface area contributed by atoms with Gasteiger partial charge in [-0.1, -0.05) is 6.42 Å². The van der Waals surface area contributed by atoms with Crippen LogP contribution in [0.5, 0.6) is 0 Å². The highest BCUT2D eigenvalue weighted by Gasteiger charge is 2.37. The highest BCUT2D eigenvalue weighted by Crippen LogP contribution is 2.38. The fourth-order valence-electron chi connectivity index (χ4n) is 2.08. The fraction of sp³-hybridized carbons (Fsp3) is 0.900. The number of hydrogen-bond donors (Lipinski definition) is 0. The van der Waals surface area contributed by atoms with E-state index < -0.39 is 11.8 Å². The normalized spacial score (nSPS) is 28.2. The summed E-state index contributed by atoms with van der Waals surface area (Å²) >= 11 is 0. The number of aliphatic imine (C=N–C) groups is 1. The van der Waals surface area contributed by atoms with Crippen LogP contribution in [0.25, 0.3) is 0 Å². The summed E-state index contributed by atoms with van der Waals surface area (Å²) in [6, 6.07) is 0. The zero-order valence-corrected chi connectivity index (χ0v) is 8.30. The number of carbonyl (C=O) groups excluding carboxylic acids is 1. The van der Waals surface area contributed by atoms with Crippen molar-refractivity contribution < 1.29 is 13.6 Å². The summed E-state index contributed by atoms with van der Waals surface area (Å²) in [7, 11) is 0. The predicted molar refractivity (Wildman–Crippen MR) is 49.1 cm³/mol. The largest absolute Gasteiger partial charge is 0.248 e. The zero-order valence-electron chi connectivity index (χ0n) is 8.30. The first-order valence-corrected chi connectivity index (χ1v) is 4.95. The molecule has 0 spiro atoms. The summed E-state index contributed by atoms with van der Waals surface area (Å²) in [4.78, 5) is 13.3. The molecule has 80 valence electrons. The molecule has 0 aromatic heterocycles. The molecule has 0 amide bonds. The predicted octanol–water partition coefficient (Wildman–Crippen LogP) is 2.78. The first-order chi connectivity index (χ1) is 6.54. The summed E-state index contributed by atoms with van der Waals surface area (Å²) in [6.07, 6.45) is 4.24. The van der Waals surface area contributed by atoms with E-state index in [1.807, 2.05) is 0 Å². The van der Waals surface area contributed by atoms with Gasteiger partial charge in [-0.3, -0.25) is 0 Å². The van der Waals surface area contributed by atoms with E-state index in [2.05, 4.69) is 4.99 Å². The molecule has 1 rings (SSSR count). The van der Waals surface area contributed by atoms with Crippen molar-refractivity contribution in [3.8, 4) is 0 Å². The van der Waals surface area contributed by atoms with Crippen LogP contribution in [0.4, 0.5) is 8.78 Å². The number of nitrogens with zero attached hydrogens (tertiary/aromatic N) is 1. The maximum atomic E-state index is 13.0. The summed E-state index contributed by atoms with van der Waals surface area (Å²) in [5.41, 5.74) is 0. The highest BCUT2D eigenvalue weighted by atomic mass is 19.3. The van der Waals surface area contributed by atoms with Crippen LogP contribution in [0.1, 0.15) is 32.6 Å². The lowest BCUT2D eigenvalue weighted by atomic mass is 9.79. The van der Waals surface area contributed by atoms with Crippen molar-refractivity contribution in [1.82, 2.24) is 0 Å². The van der Waals surface area contributed by atoms with Crippen LogP contribution < -0.4 is 0 Å². The minimum atomic E-state index is -2.59. The van der Waals surface area contributed by atoms with Gasteiger partial charge in [0.15, 0.2) is 0 Å². The molecule has 1 saturated carbocycles. The maximum Gasteiger partial charge on any atom is 0.248 e. The van der Waals surface area contributed by atoms with Crippen molar-refractivity contribution in [3.05, 3.63) is 0 Å². The second kappa shape index (κ2) is 4.65. The van der Waals surface area contributed by atoms with Crippen molar-refractivity contribution in [2.75, 3.05) is 6.54 Å². The lowest BCUT2D eigenvalue weighted by Gasteiger charge is -2.31. The molecule has 2 unspecified atom stereocenters. The van der Waals surface area contributed by atoms with E-state index >= 15 is 0 Å². The summed E-state index contributed by atoms with van der Waals surface area (Å²) in [5.74, 6) is -2.99. The molecule has 0 aromatic carbocycles. The fourth-order valence-corrected chi connectivity index (χ4v) is 2.08. The van der Waals surface area contributed by atoms with Crippen LogP contribution in [0.15, 0.2) is 4.99 Å². The maximum absolute atomic E-state index is 13.0. The quantitative estimate of drug-likeness (QED) is 0.512. The lowest BCUT2D eigenvalue weighted by molar-refractivity contribution is -0.0601. The Morgan fingerprint density at radius 1 is 1.50 bits per heavy atom. The van der Waals surface area contributed by atoms with Crippen LogP contribution in [0.3, 0.4) is 0 Å². The summed E-state index contributed by atoms with van der Waals surface area (Å²) < 4.78 is 26.0. The van der Waals surface area contributed by atoms with Gasteiger partial charge in [-0.25, -0.2) is 18.6 Å². The molecule has 2 nitrogen and oxygen atoms in total. The van der Waals surface area contributed by atoms with Gasteiger partial charge < -0.3 is 0 Å².